The van der Waals surface area contributed by atoms with Crippen LogP contribution in [0.2, 0.25) is 0 Å². The van der Waals surface area contributed by atoms with E-state index in [9.17, 15) is 4.79 Å². The van der Waals surface area contributed by atoms with Crippen LogP contribution < -0.4 is 10.6 Å². The van der Waals surface area contributed by atoms with Gasteiger partial charge in [0.2, 0.25) is 5.91 Å². The van der Waals surface area contributed by atoms with Crippen molar-refractivity contribution in [3.8, 4) is 11.1 Å². The largest absolute Gasteiger partial charge is 0.373 e. The van der Waals surface area contributed by atoms with Crippen LogP contribution in [0.1, 0.15) is 24.0 Å². The van der Waals surface area contributed by atoms with Crippen LogP contribution in [0.3, 0.4) is 0 Å². The molecule has 3 aromatic rings. The van der Waals surface area contributed by atoms with Gasteiger partial charge in [0.25, 0.3) is 0 Å². The van der Waals surface area contributed by atoms with Crippen LogP contribution in [-0.2, 0) is 17.8 Å². The summed E-state index contributed by atoms with van der Waals surface area (Å²) < 4.78 is 0. The van der Waals surface area contributed by atoms with E-state index in [0.717, 1.165) is 48.4 Å². The molecule has 6 nitrogen and oxygen atoms in total. The van der Waals surface area contributed by atoms with Crippen molar-refractivity contribution >= 4 is 11.7 Å². The molecular weight excluding hydrogens is 398 g/mol. The molecule has 0 radical (unpaired) electrons. The fourth-order valence-electron chi connectivity index (χ4n) is 4.91. The third kappa shape index (κ3) is 4.65. The molecular formula is C26H31N5O. The molecule has 32 heavy (non-hydrogen) atoms. The third-order valence-electron chi connectivity index (χ3n) is 6.41. The summed E-state index contributed by atoms with van der Waals surface area (Å²) in [4.78, 5) is 24.4. The summed E-state index contributed by atoms with van der Waals surface area (Å²) in [5.74, 6) is 1.01. The SMILES string of the molecule is CNC(=O)C1(Cc2ccccc2-c2cccnc2)CCCN(Cc2cccnc2NC)C1. The number of aromatic nitrogens is 2. The van der Waals surface area contributed by atoms with Gasteiger partial charge in [0.15, 0.2) is 0 Å². The number of likely N-dealkylation sites (tertiary alicyclic amines) is 1. The fraction of sp³-hybridized carbons (Fsp3) is 0.346. The molecule has 3 heterocycles. The average Bonchev–Trinajstić information content (AvgIpc) is 2.85. The molecule has 1 aliphatic heterocycles. The highest BCUT2D eigenvalue weighted by atomic mass is 16.2. The summed E-state index contributed by atoms with van der Waals surface area (Å²) in [6.07, 6.45) is 8.03. The van der Waals surface area contributed by atoms with Gasteiger partial charge < -0.3 is 10.6 Å². The van der Waals surface area contributed by atoms with Gasteiger partial charge in [-0.05, 0) is 49.1 Å². The molecule has 2 aromatic heterocycles. The van der Waals surface area contributed by atoms with Gasteiger partial charge in [0, 0.05) is 56.9 Å². The zero-order chi connectivity index (χ0) is 22.4. The molecule has 1 atom stereocenters. The van der Waals surface area contributed by atoms with Crippen molar-refractivity contribution < 1.29 is 4.79 Å². The Morgan fingerprint density at radius 3 is 2.66 bits per heavy atom. The second-order valence-electron chi connectivity index (χ2n) is 8.51. The number of benzene rings is 1. The van der Waals surface area contributed by atoms with Crippen LogP contribution in [-0.4, -0.2) is 48.0 Å². The number of hydrogen-bond donors (Lipinski definition) is 2. The Morgan fingerprint density at radius 2 is 1.88 bits per heavy atom. The number of amides is 1. The van der Waals surface area contributed by atoms with E-state index in [1.165, 1.54) is 5.56 Å². The van der Waals surface area contributed by atoms with Crippen molar-refractivity contribution in [2.45, 2.75) is 25.8 Å². The Hall–Kier alpha value is -3.25. The summed E-state index contributed by atoms with van der Waals surface area (Å²) in [5, 5.41) is 6.14. The second-order valence-corrected chi connectivity index (χ2v) is 8.51. The third-order valence-corrected chi connectivity index (χ3v) is 6.41. The number of anilines is 1. The van der Waals surface area contributed by atoms with Gasteiger partial charge >= 0.3 is 0 Å². The number of rotatable bonds is 7. The Labute approximate surface area is 190 Å². The molecule has 6 heteroatoms. The molecule has 1 amide bonds. The van der Waals surface area contributed by atoms with Crippen molar-refractivity contribution in [3.05, 3.63) is 78.2 Å². The van der Waals surface area contributed by atoms with E-state index < -0.39 is 5.41 Å². The van der Waals surface area contributed by atoms with Crippen molar-refractivity contribution in [2.75, 3.05) is 32.5 Å². The molecule has 1 aliphatic rings. The fourth-order valence-corrected chi connectivity index (χ4v) is 4.91. The normalized spacial score (nSPS) is 18.8. The monoisotopic (exact) mass is 429 g/mol. The topological polar surface area (TPSA) is 70.2 Å². The molecule has 1 aromatic carbocycles. The predicted octanol–water partition coefficient (Wildman–Crippen LogP) is 3.76. The van der Waals surface area contributed by atoms with Crippen LogP contribution in [0.4, 0.5) is 5.82 Å². The predicted molar refractivity (Wildman–Crippen MR) is 128 cm³/mol. The van der Waals surface area contributed by atoms with E-state index >= 15 is 0 Å². The van der Waals surface area contributed by atoms with Gasteiger partial charge in [-0.25, -0.2) is 4.98 Å². The van der Waals surface area contributed by atoms with Gasteiger partial charge in [0.05, 0.1) is 5.41 Å². The minimum Gasteiger partial charge on any atom is -0.373 e. The summed E-state index contributed by atoms with van der Waals surface area (Å²) >= 11 is 0. The maximum absolute atomic E-state index is 13.3. The first-order valence-corrected chi connectivity index (χ1v) is 11.2. The van der Waals surface area contributed by atoms with Crippen molar-refractivity contribution in [3.63, 3.8) is 0 Å². The summed E-state index contributed by atoms with van der Waals surface area (Å²) in [7, 11) is 3.64. The summed E-state index contributed by atoms with van der Waals surface area (Å²) in [6.45, 7) is 2.46. The smallest absolute Gasteiger partial charge is 0.227 e. The lowest BCUT2D eigenvalue weighted by atomic mass is 9.73. The lowest BCUT2D eigenvalue weighted by molar-refractivity contribution is -0.134. The first-order valence-electron chi connectivity index (χ1n) is 11.2. The van der Waals surface area contributed by atoms with E-state index in [-0.39, 0.29) is 5.91 Å². The average molecular weight is 430 g/mol. The lowest BCUT2D eigenvalue weighted by Crippen LogP contribution is -2.52. The quantitative estimate of drug-likeness (QED) is 0.599. The molecule has 2 N–H and O–H groups in total. The van der Waals surface area contributed by atoms with E-state index in [1.54, 1.807) is 19.4 Å². The van der Waals surface area contributed by atoms with Gasteiger partial charge in [-0.2, -0.15) is 0 Å². The number of piperidine rings is 1. The molecule has 1 saturated heterocycles. The van der Waals surface area contributed by atoms with Crippen molar-refractivity contribution in [1.82, 2.24) is 20.2 Å². The van der Waals surface area contributed by atoms with Crippen molar-refractivity contribution in [1.29, 1.82) is 0 Å². The van der Waals surface area contributed by atoms with Gasteiger partial charge in [-0.15, -0.1) is 0 Å². The van der Waals surface area contributed by atoms with E-state index in [0.29, 0.717) is 13.0 Å². The molecule has 0 aliphatic carbocycles. The number of nitrogens with one attached hydrogen (secondary N) is 2. The molecule has 0 bridgehead atoms. The first-order chi connectivity index (χ1) is 15.6. The zero-order valence-electron chi connectivity index (χ0n) is 18.8. The summed E-state index contributed by atoms with van der Waals surface area (Å²) in [6, 6.07) is 16.5. The van der Waals surface area contributed by atoms with Crippen LogP contribution in [0.25, 0.3) is 11.1 Å². The molecule has 0 saturated carbocycles. The molecule has 166 valence electrons. The van der Waals surface area contributed by atoms with Gasteiger partial charge in [-0.1, -0.05) is 36.4 Å². The minimum atomic E-state index is -0.479. The minimum absolute atomic E-state index is 0.114. The number of nitrogens with zero attached hydrogens (tertiary/aromatic N) is 3. The standard InChI is InChI=1S/C26H31N5O/c1-27-24-22(10-6-14-30-24)18-31-15-7-12-26(19-31,25(32)28-2)16-20-8-3-4-11-23(20)21-9-5-13-29-17-21/h3-6,8-11,13-14,17H,7,12,15-16,18-19H2,1-2H3,(H,27,30)(H,28,32). The maximum atomic E-state index is 13.3. The highest BCUT2D eigenvalue weighted by molar-refractivity contribution is 5.83. The van der Waals surface area contributed by atoms with E-state index in [2.05, 4.69) is 55.8 Å². The van der Waals surface area contributed by atoms with Gasteiger partial charge in [-0.3, -0.25) is 14.7 Å². The van der Waals surface area contributed by atoms with E-state index in [1.807, 2.05) is 31.4 Å². The Bertz CT molecular complexity index is 1050. The maximum Gasteiger partial charge on any atom is 0.227 e. The Balaban J connectivity index is 1.63. The summed E-state index contributed by atoms with van der Waals surface area (Å²) in [5.41, 5.74) is 4.08. The second kappa shape index (κ2) is 9.92. The molecule has 1 unspecified atom stereocenters. The Morgan fingerprint density at radius 1 is 1.06 bits per heavy atom. The number of hydrogen-bond acceptors (Lipinski definition) is 5. The first kappa shape index (κ1) is 22.0. The van der Waals surface area contributed by atoms with Crippen molar-refractivity contribution in [2.24, 2.45) is 5.41 Å². The highest BCUT2D eigenvalue weighted by Gasteiger charge is 2.42. The molecule has 0 spiro atoms. The van der Waals surface area contributed by atoms with Crippen LogP contribution in [0, 0.1) is 5.41 Å². The number of carbonyl (C=O) groups is 1. The Kier molecular flexibility index (Phi) is 6.81. The highest BCUT2D eigenvalue weighted by Crippen LogP contribution is 2.37. The van der Waals surface area contributed by atoms with Crippen LogP contribution in [0.5, 0.6) is 0 Å². The lowest BCUT2D eigenvalue weighted by Gasteiger charge is -2.42. The number of carbonyl (C=O) groups excluding carboxylic acids is 1. The molecule has 4 rings (SSSR count). The molecule has 1 fully saturated rings. The van der Waals surface area contributed by atoms with E-state index in [4.69, 9.17) is 0 Å². The zero-order valence-corrected chi connectivity index (χ0v) is 18.8. The van der Waals surface area contributed by atoms with Crippen LogP contribution >= 0.6 is 0 Å². The van der Waals surface area contributed by atoms with Crippen LogP contribution in [0.15, 0.2) is 67.1 Å². The number of pyridine rings is 2. The van der Waals surface area contributed by atoms with Gasteiger partial charge in [0.1, 0.15) is 5.82 Å².